The maximum absolute atomic E-state index is 11.0. The summed E-state index contributed by atoms with van der Waals surface area (Å²) in [7, 11) is 0. The van der Waals surface area contributed by atoms with Crippen molar-refractivity contribution in [1.29, 1.82) is 0 Å². The van der Waals surface area contributed by atoms with Crippen LogP contribution in [-0.4, -0.2) is 10.9 Å². The van der Waals surface area contributed by atoms with Crippen LogP contribution in [0, 0.1) is 6.92 Å². The largest absolute Gasteiger partial charge is 0.332 e. The molecule has 2 N–H and O–H groups in total. The molecule has 1 heterocycles. The summed E-state index contributed by atoms with van der Waals surface area (Å²) in [6.45, 7) is 3.58. The van der Waals surface area contributed by atoms with Gasteiger partial charge in [0.2, 0.25) is 5.91 Å². The van der Waals surface area contributed by atoms with Gasteiger partial charge in [-0.25, -0.2) is 4.98 Å². The third-order valence-electron chi connectivity index (χ3n) is 3.38. The highest BCUT2D eigenvalue weighted by Gasteiger charge is 2.07. The molecule has 0 fully saturated rings. The molecule has 0 radical (unpaired) electrons. The van der Waals surface area contributed by atoms with E-state index in [0.717, 1.165) is 27.8 Å². The fourth-order valence-electron chi connectivity index (χ4n) is 2.28. The third kappa shape index (κ3) is 3.76. The Balaban J connectivity index is 1.74. The molecule has 3 rings (SSSR count). The lowest BCUT2D eigenvalue weighted by Crippen LogP contribution is -2.05. The highest BCUT2D eigenvalue weighted by molar-refractivity contribution is 7.14. The minimum Gasteiger partial charge on any atom is -0.332 e. The predicted molar refractivity (Wildman–Crippen MR) is 96.3 cm³/mol. The lowest BCUT2D eigenvalue weighted by Gasteiger charge is -2.05. The van der Waals surface area contributed by atoms with Crippen LogP contribution in [0.3, 0.4) is 0 Å². The lowest BCUT2D eigenvalue weighted by molar-refractivity contribution is -0.114. The van der Waals surface area contributed by atoms with Gasteiger partial charge in [-0.2, -0.15) is 0 Å². The molecule has 0 bridgehead atoms. The Bertz CT molecular complexity index is 824. The van der Waals surface area contributed by atoms with Crippen molar-refractivity contribution in [2.24, 2.45) is 0 Å². The SMILES string of the molecule is CC(=O)Nc1ccc(Nc2nc(-c3ccccc3C)cs2)cc1. The number of amides is 1. The van der Waals surface area contributed by atoms with E-state index in [1.807, 2.05) is 36.4 Å². The number of rotatable bonds is 4. The first-order valence-electron chi connectivity index (χ1n) is 7.28. The van der Waals surface area contributed by atoms with Gasteiger partial charge in [-0.1, -0.05) is 24.3 Å². The average Bonchev–Trinajstić information content (AvgIpc) is 2.97. The summed E-state index contributed by atoms with van der Waals surface area (Å²) in [5.41, 5.74) is 5.06. The fourth-order valence-corrected chi connectivity index (χ4v) is 3.01. The van der Waals surface area contributed by atoms with Gasteiger partial charge >= 0.3 is 0 Å². The molecule has 0 saturated heterocycles. The number of carbonyl (C=O) groups is 1. The van der Waals surface area contributed by atoms with Crippen molar-refractivity contribution >= 4 is 33.8 Å². The predicted octanol–water partition coefficient (Wildman–Crippen LogP) is 4.82. The number of hydrogen-bond donors (Lipinski definition) is 2. The van der Waals surface area contributed by atoms with E-state index in [1.165, 1.54) is 12.5 Å². The maximum atomic E-state index is 11.0. The van der Waals surface area contributed by atoms with Crippen LogP contribution in [0.2, 0.25) is 0 Å². The molecule has 23 heavy (non-hydrogen) atoms. The van der Waals surface area contributed by atoms with Crippen molar-refractivity contribution in [3.05, 3.63) is 59.5 Å². The number of aromatic nitrogens is 1. The highest BCUT2D eigenvalue weighted by atomic mass is 32.1. The molecule has 0 aliphatic rings. The number of hydrogen-bond acceptors (Lipinski definition) is 4. The Kier molecular flexibility index (Phi) is 4.39. The van der Waals surface area contributed by atoms with E-state index in [0.29, 0.717) is 0 Å². The monoisotopic (exact) mass is 323 g/mol. The average molecular weight is 323 g/mol. The van der Waals surface area contributed by atoms with Gasteiger partial charge in [-0.15, -0.1) is 11.3 Å². The van der Waals surface area contributed by atoms with Crippen LogP contribution in [0.15, 0.2) is 53.9 Å². The summed E-state index contributed by atoms with van der Waals surface area (Å²) >= 11 is 1.57. The van der Waals surface area contributed by atoms with Crippen LogP contribution < -0.4 is 10.6 Å². The Morgan fingerprint density at radius 1 is 1.04 bits per heavy atom. The molecule has 2 aromatic carbocycles. The third-order valence-corrected chi connectivity index (χ3v) is 4.14. The van der Waals surface area contributed by atoms with Gasteiger partial charge in [-0.3, -0.25) is 4.79 Å². The summed E-state index contributed by atoms with van der Waals surface area (Å²) in [4.78, 5) is 15.7. The standard InChI is InChI=1S/C18H17N3OS/c1-12-5-3-4-6-16(12)17-11-23-18(21-17)20-15-9-7-14(8-10-15)19-13(2)22/h3-11H,1-2H3,(H,19,22)(H,20,21). The number of aryl methyl sites for hydroxylation is 1. The van der Waals surface area contributed by atoms with E-state index in [2.05, 4.69) is 40.1 Å². The lowest BCUT2D eigenvalue weighted by atomic mass is 10.1. The molecule has 1 amide bonds. The first kappa shape index (κ1) is 15.2. The van der Waals surface area contributed by atoms with E-state index >= 15 is 0 Å². The summed E-state index contributed by atoms with van der Waals surface area (Å²) in [5.74, 6) is -0.0755. The number of nitrogens with zero attached hydrogens (tertiary/aromatic N) is 1. The molecule has 116 valence electrons. The van der Waals surface area contributed by atoms with Gasteiger partial charge in [-0.05, 0) is 36.8 Å². The minimum atomic E-state index is -0.0755. The van der Waals surface area contributed by atoms with Crippen LogP contribution in [0.25, 0.3) is 11.3 Å². The van der Waals surface area contributed by atoms with Crippen LogP contribution in [0.1, 0.15) is 12.5 Å². The van der Waals surface area contributed by atoms with Gasteiger partial charge in [0.05, 0.1) is 5.69 Å². The summed E-state index contributed by atoms with van der Waals surface area (Å²) in [6, 6.07) is 15.8. The highest BCUT2D eigenvalue weighted by Crippen LogP contribution is 2.29. The quantitative estimate of drug-likeness (QED) is 0.723. The zero-order chi connectivity index (χ0) is 16.2. The van der Waals surface area contributed by atoms with Gasteiger partial charge in [0.15, 0.2) is 5.13 Å². The van der Waals surface area contributed by atoms with Gasteiger partial charge < -0.3 is 10.6 Å². The van der Waals surface area contributed by atoms with Crippen LogP contribution in [-0.2, 0) is 4.79 Å². The molecular weight excluding hydrogens is 306 g/mol. The number of thiazole rings is 1. The zero-order valence-electron chi connectivity index (χ0n) is 13.0. The summed E-state index contributed by atoms with van der Waals surface area (Å²) in [5, 5.41) is 8.93. The van der Waals surface area contributed by atoms with E-state index in [1.54, 1.807) is 11.3 Å². The van der Waals surface area contributed by atoms with E-state index in [-0.39, 0.29) is 5.91 Å². The van der Waals surface area contributed by atoms with Crippen molar-refractivity contribution in [2.45, 2.75) is 13.8 Å². The molecule has 3 aromatic rings. The van der Waals surface area contributed by atoms with Crippen LogP contribution in [0.4, 0.5) is 16.5 Å². The van der Waals surface area contributed by atoms with Crippen molar-refractivity contribution in [3.8, 4) is 11.3 Å². The molecular formula is C18H17N3OS. The number of anilines is 3. The van der Waals surface area contributed by atoms with Crippen molar-refractivity contribution < 1.29 is 4.79 Å². The minimum absolute atomic E-state index is 0.0755. The molecule has 0 aliphatic carbocycles. The Labute approximate surface area is 139 Å². The van der Waals surface area contributed by atoms with Crippen molar-refractivity contribution in [3.63, 3.8) is 0 Å². The molecule has 0 unspecified atom stereocenters. The zero-order valence-corrected chi connectivity index (χ0v) is 13.8. The maximum Gasteiger partial charge on any atom is 0.221 e. The number of nitrogens with one attached hydrogen (secondary N) is 2. The first-order valence-corrected chi connectivity index (χ1v) is 8.16. The summed E-state index contributed by atoms with van der Waals surface area (Å²) in [6.07, 6.45) is 0. The van der Waals surface area contributed by atoms with Crippen LogP contribution >= 0.6 is 11.3 Å². The molecule has 5 heteroatoms. The first-order chi connectivity index (χ1) is 11.1. The van der Waals surface area contributed by atoms with E-state index < -0.39 is 0 Å². The van der Waals surface area contributed by atoms with Gasteiger partial charge in [0.25, 0.3) is 0 Å². The smallest absolute Gasteiger partial charge is 0.221 e. The fraction of sp³-hybridized carbons (Fsp3) is 0.111. The normalized spacial score (nSPS) is 10.3. The molecule has 0 saturated carbocycles. The number of carbonyl (C=O) groups excluding carboxylic acids is 1. The second kappa shape index (κ2) is 6.62. The molecule has 0 spiro atoms. The van der Waals surface area contributed by atoms with Crippen LogP contribution in [0.5, 0.6) is 0 Å². The molecule has 4 nitrogen and oxygen atoms in total. The molecule has 0 aliphatic heterocycles. The second-order valence-corrected chi connectivity index (χ2v) is 6.09. The Hall–Kier alpha value is -2.66. The summed E-state index contributed by atoms with van der Waals surface area (Å²) < 4.78 is 0. The van der Waals surface area contributed by atoms with E-state index in [4.69, 9.17) is 0 Å². The van der Waals surface area contributed by atoms with Gasteiger partial charge in [0.1, 0.15) is 0 Å². The van der Waals surface area contributed by atoms with Gasteiger partial charge in [0, 0.05) is 29.2 Å². The molecule has 1 aromatic heterocycles. The number of benzene rings is 2. The Morgan fingerprint density at radius 2 is 1.74 bits per heavy atom. The topological polar surface area (TPSA) is 54.0 Å². The van der Waals surface area contributed by atoms with Crippen molar-refractivity contribution in [1.82, 2.24) is 4.98 Å². The van der Waals surface area contributed by atoms with E-state index in [9.17, 15) is 4.79 Å². The molecule has 0 atom stereocenters. The van der Waals surface area contributed by atoms with Crippen molar-refractivity contribution in [2.75, 3.05) is 10.6 Å². The Morgan fingerprint density at radius 3 is 2.43 bits per heavy atom. The second-order valence-electron chi connectivity index (χ2n) is 5.24.